The number of nitrogens with zero attached hydrogens (tertiary/aromatic N) is 2. The van der Waals surface area contributed by atoms with Crippen LogP contribution in [-0.4, -0.2) is 47.3 Å². The second-order valence-electron chi connectivity index (χ2n) is 5.15. The molecule has 0 bridgehead atoms. The molecule has 1 aromatic rings. The first-order valence-electron chi connectivity index (χ1n) is 6.86. The van der Waals surface area contributed by atoms with E-state index in [9.17, 15) is 9.59 Å². The lowest BCUT2D eigenvalue weighted by molar-refractivity contribution is -0.139. The number of hydrogen-bond acceptors (Lipinski definition) is 3. The van der Waals surface area contributed by atoms with Crippen LogP contribution in [0.3, 0.4) is 0 Å². The normalized spacial score (nSPS) is 23.7. The maximum absolute atomic E-state index is 12.4. The molecule has 0 spiro atoms. The summed E-state index contributed by atoms with van der Waals surface area (Å²) in [5, 5.41) is 0. The smallest absolute Gasteiger partial charge is 0.245 e. The van der Waals surface area contributed by atoms with Gasteiger partial charge in [-0.05, 0) is 25.0 Å². The molecule has 0 aromatic carbocycles. The fourth-order valence-electron chi connectivity index (χ4n) is 2.94. The van der Waals surface area contributed by atoms with E-state index >= 15 is 0 Å². The molecule has 3 rings (SSSR count). The molecular weight excluding hydrogens is 244 g/mol. The molecule has 0 radical (unpaired) electrons. The second-order valence-corrected chi connectivity index (χ2v) is 5.15. The third-order valence-corrected chi connectivity index (χ3v) is 3.97. The predicted octanol–water partition coefficient (Wildman–Crippen LogP) is 1.05. The van der Waals surface area contributed by atoms with Crippen molar-refractivity contribution in [2.24, 2.45) is 0 Å². The molecule has 2 aliphatic rings. The standard InChI is InChI=1S/C14H18N2O3/c17-13-6-9-15(8-5-11-3-2-10-19-11)14(18)12-4-1-7-16(12)13/h2-3,10,12H,1,4-9H2. The summed E-state index contributed by atoms with van der Waals surface area (Å²) in [7, 11) is 0. The van der Waals surface area contributed by atoms with Crippen LogP contribution in [0.15, 0.2) is 22.8 Å². The van der Waals surface area contributed by atoms with Gasteiger partial charge in [-0.3, -0.25) is 9.59 Å². The van der Waals surface area contributed by atoms with Crippen molar-refractivity contribution in [3.8, 4) is 0 Å². The van der Waals surface area contributed by atoms with Crippen molar-refractivity contribution < 1.29 is 14.0 Å². The Morgan fingerprint density at radius 2 is 2.21 bits per heavy atom. The number of hydrogen-bond donors (Lipinski definition) is 0. The van der Waals surface area contributed by atoms with Crippen LogP contribution < -0.4 is 0 Å². The summed E-state index contributed by atoms with van der Waals surface area (Å²) in [6.45, 7) is 1.90. The summed E-state index contributed by atoms with van der Waals surface area (Å²) in [4.78, 5) is 28.0. The zero-order chi connectivity index (χ0) is 13.2. The predicted molar refractivity (Wildman–Crippen MR) is 68.3 cm³/mol. The van der Waals surface area contributed by atoms with Crippen molar-refractivity contribution >= 4 is 11.8 Å². The second kappa shape index (κ2) is 5.07. The number of furan rings is 1. The Bertz CT molecular complexity index is 469. The summed E-state index contributed by atoms with van der Waals surface area (Å²) in [6.07, 6.45) is 4.54. The number of carbonyl (C=O) groups excluding carboxylic acids is 2. The first-order valence-corrected chi connectivity index (χ1v) is 6.86. The molecule has 102 valence electrons. The molecule has 0 saturated carbocycles. The Morgan fingerprint density at radius 1 is 1.32 bits per heavy atom. The molecule has 1 aromatic heterocycles. The number of fused-ring (bicyclic) bond motifs is 1. The molecule has 0 aliphatic carbocycles. The quantitative estimate of drug-likeness (QED) is 0.818. The van der Waals surface area contributed by atoms with Crippen molar-refractivity contribution in [1.82, 2.24) is 9.80 Å². The van der Waals surface area contributed by atoms with Crippen molar-refractivity contribution in [3.05, 3.63) is 24.2 Å². The van der Waals surface area contributed by atoms with E-state index in [1.54, 1.807) is 11.2 Å². The van der Waals surface area contributed by atoms with Crippen LogP contribution >= 0.6 is 0 Å². The molecule has 2 fully saturated rings. The highest BCUT2D eigenvalue weighted by atomic mass is 16.3. The zero-order valence-electron chi connectivity index (χ0n) is 10.9. The first-order chi connectivity index (χ1) is 9.25. The molecule has 5 heteroatoms. The lowest BCUT2D eigenvalue weighted by Crippen LogP contribution is -2.44. The van der Waals surface area contributed by atoms with Gasteiger partial charge in [-0.1, -0.05) is 0 Å². The van der Waals surface area contributed by atoms with Crippen molar-refractivity contribution in [3.63, 3.8) is 0 Å². The van der Waals surface area contributed by atoms with E-state index < -0.39 is 0 Å². The molecule has 0 N–H and O–H groups in total. The van der Waals surface area contributed by atoms with Gasteiger partial charge in [-0.15, -0.1) is 0 Å². The molecule has 2 aliphatic heterocycles. The van der Waals surface area contributed by atoms with E-state index in [-0.39, 0.29) is 17.9 Å². The van der Waals surface area contributed by atoms with Gasteiger partial charge in [0, 0.05) is 32.5 Å². The van der Waals surface area contributed by atoms with Crippen LogP contribution in [0.2, 0.25) is 0 Å². The van der Waals surface area contributed by atoms with Gasteiger partial charge in [0.25, 0.3) is 0 Å². The minimum atomic E-state index is -0.216. The highest BCUT2D eigenvalue weighted by molar-refractivity contribution is 5.90. The molecule has 2 amide bonds. The molecule has 2 saturated heterocycles. The van der Waals surface area contributed by atoms with Gasteiger partial charge in [-0.2, -0.15) is 0 Å². The number of carbonyl (C=O) groups is 2. The Balaban J connectivity index is 1.67. The zero-order valence-corrected chi connectivity index (χ0v) is 10.9. The van der Waals surface area contributed by atoms with Crippen LogP contribution in [0.5, 0.6) is 0 Å². The topological polar surface area (TPSA) is 53.8 Å². The van der Waals surface area contributed by atoms with Crippen LogP contribution in [0, 0.1) is 0 Å². The summed E-state index contributed by atoms with van der Waals surface area (Å²) in [6, 6.07) is 3.54. The molecule has 5 nitrogen and oxygen atoms in total. The van der Waals surface area contributed by atoms with Gasteiger partial charge in [0.1, 0.15) is 11.8 Å². The maximum atomic E-state index is 12.4. The average Bonchev–Trinajstić information content (AvgIpc) is 3.07. The maximum Gasteiger partial charge on any atom is 0.245 e. The number of rotatable bonds is 3. The third kappa shape index (κ3) is 2.37. The van der Waals surface area contributed by atoms with E-state index in [4.69, 9.17) is 4.42 Å². The highest BCUT2D eigenvalue weighted by Gasteiger charge is 2.38. The van der Waals surface area contributed by atoms with Gasteiger partial charge in [0.15, 0.2) is 0 Å². The van der Waals surface area contributed by atoms with Crippen LogP contribution in [0.25, 0.3) is 0 Å². The summed E-state index contributed by atoms with van der Waals surface area (Å²) in [5.74, 6) is 1.11. The van der Waals surface area contributed by atoms with Gasteiger partial charge in [0.05, 0.1) is 6.26 Å². The summed E-state index contributed by atoms with van der Waals surface area (Å²) >= 11 is 0. The highest BCUT2D eigenvalue weighted by Crippen LogP contribution is 2.23. The molecule has 3 heterocycles. The molecule has 1 atom stereocenters. The molecule has 1 unspecified atom stereocenters. The van der Waals surface area contributed by atoms with Crippen LogP contribution in [-0.2, 0) is 16.0 Å². The molecule has 19 heavy (non-hydrogen) atoms. The van der Waals surface area contributed by atoms with Gasteiger partial charge < -0.3 is 14.2 Å². The number of amides is 2. The van der Waals surface area contributed by atoms with Gasteiger partial charge in [0.2, 0.25) is 11.8 Å². The van der Waals surface area contributed by atoms with Crippen molar-refractivity contribution in [2.75, 3.05) is 19.6 Å². The van der Waals surface area contributed by atoms with E-state index in [2.05, 4.69) is 0 Å². The molecular formula is C14H18N2O3. The minimum Gasteiger partial charge on any atom is -0.469 e. The average molecular weight is 262 g/mol. The van der Waals surface area contributed by atoms with E-state index in [1.165, 1.54) is 0 Å². The minimum absolute atomic E-state index is 0.106. The Kier molecular flexibility index (Phi) is 3.27. The Labute approximate surface area is 112 Å². The van der Waals surface area contributed by atoms with Crippen LogP contribution in [0.4, 0.5) is 0 Å². The monoisotopic (exact) mass is 262 g/mol. The fourth-order valence-corrected chi connectivity index (χ4v) is 2.94. The van der Waals surface area contributed by atoms with Gasteiger partial charge in [-0.25, -0.2) is 0 Å². The Morgan fingerprint density at radius 3 is 3.00 bits per heavy atom. The van der Waals surface area contributed by atoms with E-state index in [0.717, 1.165) is 25.1 Å². The SMILES string of the molecule is O=C1C2CCCN2C(=O)CCN1CCc1ccco1. The third-order valence-electron chi connectivity index (χ3n) is 3.97. The Hall–Kier alpha value is -1.78. The van der Waals surface area contributed by atoms with Crippen molar-refractivity contribution in [2.45, 2.75) is 31.7 Å². The lowest BCUT2D eigenvalue weighted by atomic mass is 10.2. The van der Waals surface area contributed by atoms with Crippen LogP contribution in [0.1, 0.15) is 25.0 Å². The summed E-state index contributed by atoms with van der Waals surface area (Å²) < 4.78 is 5.28. The van der Waals surface area contributed by atoms with Crippen molar-refractivity contribution in [1.29, 1.82) is 0 Å². The largest absolute Gasteiger partial charge is 0.469 e. The van der Waals surface area contributed by atoms with E-state index in [1.807, 2.05) is 17.0 Å². The van der Waals surface area contributed by atoms with Gasteiger partial charge >= 0.3 is 0 Å². The lowest BCUT2D eigenvalue weighted by Gasteiger charge is -2.24. The fraction of sp³-hybridized carbons (Fsp3) is 0.571. The van der Waals surface area contributed by atoms with E-state index in [0.29, 0.717) is 25.9 Å². The first kappa shape index (κ1) is 12.3. The summed E-state index contributed by atoms with van der Waals surface area (Å²) in [5.41, 5.74) is 0.